The largest absolute Gasteiger partial charge is 0.370 e. The second-order valence-corrected chi connectivity index (χ2v) is 4.45. The van der Waals surface area contributed by atoms with Gasteiger partial charge in [-0.15, -0.1) is 0 Å². The smallest absolute Gasteiger partial charge is 0.0430 e. The van der Waals surface area contributed by atoms with E-state index in [1.807, 2.05) is 0 Å². The summed E-state index contributed by atoms with van der Waals surface area (Å²) in [5, 5.41) is 0. The molecule has 1 aliphatic heterocycles. The molecule has 1 atom stereocenters. The minimum atomic E-state index is 0.641. The molecule has 1 rings (SSSR count). The van der Waals surface area contributed by atoms with Crippen molar-refractivity contribution in [3.63, 3.8) is 0 Å². The van der Waals surface area contributed by atoms with Crippen LogP contribution in [0.4, 0.5) is 0 Å². The highest BCUT2D eigenvalue weighted by Crippen LogP contribution is 2.26. The van der Waals surface area contributed by atoms with Crippen molar-refractivity contribution in [2.24, 2.45) is 0 Å². The molecule has 0 unspecified atom stereocenters. The summed E-state index contributed by atoms with van der Waals surface area (Å²) in [7, 11) is 0. The first-order chi connectivity index (χ1) is 7.08. The summed E-state index contributed by atoms with van der Waals surface area (Å²) in [5.41, 5.74) is 4.07. The van der Waals surface area contributed by atoms with Crippen LogP contribution in [-0.4, -0.2) is 17.5 Å². The van der Waals surface area contributed by atoms with Crippen LogP contribution in [0, 0.1) is 0 Å². The third-order valence-electron chi connectivity index (χ3n) is 3.05. The van der Waals surface area contributed by atoms with Gasteiger partial charge >= 0.3 is 0 Å². The molecule has 1 nitrogen and oxygen atoms in total. The van der Waals surface area contributed by atoms with Crippen LogP contribution in [0.5, 0.6) is 0 Å². The lowest BCUT2D eigenvalue weighted by molar-refractivity contribution is 0.321. The average molecular weight is 205 g/mol. The number of allylic oxidation sites excluding steroid dienone is 2. The van der Waals surface area contributed by atoms with Gasteiger partial charge in [0.2, 0.25) is 0 Å². The topological polar surface area (TPSA) is 3.24 Å². The van der Waals surface area contributed by atoms with E-state index in [1.165, 1.54) is 17.6 Å². The maximum Gasteiger partial charge on any atom is 0.0430 e. The van der Waals surface area contributed by atoms with Crippen LogP contribution >= 0.6 is 0 Å². The van der Waals surface area contributed by atoms with Gasteiger partial charge in [-0.05, 0) is 37.8 Å². The summed E-state index contributed by atoms with van der Waals surface area (Å²) >= 11 is 0. The maximum atomic E-state index is 3.96. The SMILES string of the molecule is C=C(C)/C=C1/CN([C@@H](C)CC)C=C1CC. The fourth-order valence-electron chi connectivity index (χ4n) is 1.90. The first kappa shape index (κ1) is 12.1. The van der Waals surface area contributed by atoms with Crippen molar-refractivity contribution in [3.8, 4) is 0 Å². The second-order valence-electron chi connectivity index (χ2n) is 4.45. The quantitative estimate of drug-likeness (QED) is 0.673. The summed E-state index contributed by atoms with van der Waals surface area (Å²) in [4.78, 5) is 2.44. The van der Waals surface area contributed by atoms with Crippen LogP contribution in [0.25, 0.3) is 0 Å². The Bertz CT molecular complexity index is 296. The van der Waals surface area contributed by atoms with Gasteiger partial charge in [0, 0.05) is 18.8 Å². The molecule has 1 heterocycles. The molecule has 0 aliphatic carbocycles. The standard InChI is InChI=1S/C14H23N/c1-6-12(5)15-9-13(7-2)14(10-15)8-11(3)4/h8-9,12H,3,6-7,10H2,1-2,4-5H3/b14-8-/t12-/m0/s1. The number of rotatable bonds is 4. The highest BCUT2D eigenvalue weighted by molar-refractivity contribution is 5.40. The molecule has 15 heavy (non-hydrogen) atoms. The molecule has 84 valence electrons. The van der Waals surface area contributed by atoms with Crippen LogP contribution in [0.15, 0.2) is 35.6 Å². The molecule has 0 aromatic carbocycles. The number of hydrogen-bond donors (Lipinski definition) is 0. The maximum absolute atomic E-state index is 3.96. The molecule has 0 fully saturated rings. The van der Waals surface area contributed by atoms with Crippen molar-refractivity contribution in [2.45, 2.75) is 46.6 Å². The molecular formula is C14H23N. The third kappa shape index (κ3) is 2.98. The lowest BCUT2D eigenvalue weighted by atomic mass is 10.1. The summed E-state index contributed by atoms with van der Waals surface area (Å²) < 4.78 is 0. The zero-order chi connectivity index (χ0) is 11.4. The highest BCUT2D eigenvalue weighted by atomic mass is 15.1. The Morgan fingerprint density at radius 1 is 1.60 bits per heavy atom. The van der Waals surface area contributed by atoms with Crippen LogP contribution in [0.1, 0.15) is 40.5 Å². The van der Waals surface area contributed by atoms with Gasteiger partial charge in [0.1, 0.15) is 0 Å². The molecule has 0 radical (unpaired) electrons. The molecule has 0 saturated carbocycles. The lowest BCUT2D eigenvalue weighted by Gasteiger charge is -2.22. The van der Waals surface area contributed by atoms with E-state index in [-0.39, 0.29) is 0 Å². The van der Waals surface area contributed by atoms with E-state index in [4.69, 9.17) is 0 Å². The van der Waals surface area contributed by atoms with Gasteiger partial charge in [-0.1, -0.05) is 32.1 Å². The molecule has 0 aromatic rings. The second kappa shape index (κ2) is 5.20. The normalized spacial score (nSPS) is 20.7. The van der Waals surface area contributed by atoms with Gasteiger partial charge in [-0.25, -0.2) is 0 Å². The average Bonchev–Trinajstić information content (AvgIpc) is 2.59. The molecule has 0 spiro atoms. The van der Waals surface area contributed by atoms with Gasteiger partial charge in [0.15, 0.2) is 0 Å². The van der Waals surface area contributed by atoms with Crippen molar-refractivity contribution in [3.05, 3.63) is 35.6 Å². The molecule has 1 heteroatoms. The van der Waals surface area contributed by atoms with Crippen LogP contribution in [-0.2, 0) is 0 Å². The van der Waals surface area contributed by atoms with Crippen molar-refractivity contribution in [1.82, 2.24) is 4.90 Å². The summed E-state index contributed by atoms with van der Waals surface area (Å²) in [5.74, 6) is 0. The number of nitrogens with zero attached hydrogens (tertiary/aromatic N) is 1. The molecule has 0 N–H and O–H groups in total. The molecule has 0 aromatic heterocycles. The van der Waals surface area contributed by atoms with Crippen molar-refractivity contribution in [1.29, 1.82) is 0 Å². The van der Waals surface area contributed by atoms with E-state index >= 15 is 0 Å². The highest BCUT2D eigenvalue weighted by Gasteiger charge is 2.19. The number of hydrogen-bond acceptors (Lipinski definition) is 1. The summed E-state index contributed by atoms with van der Waals surface area (Å²) in [6, 6.07) is 0.641. The first-order valence-corrected chi connectivity index (χ1v) is 5.91. The van der Waals surface area contributed by atoms with Gasteiger partial charge in [-0.2, -0.15) is 0 Å². The Morgan fingerprint density at radius 3 is 2.73 bits per heavy atom. The minimum Gasteiger partial charge on any atom is -0.370 e. The lowest BCUT2D eigenvalue weighted by Crippen LogP contribution is -2.25. The minimum absolute atomic E-state index is 0.641. The van der Waals surface area contributed by atoms with Gasteiger partial charge in [0.25, 0.3) is 0 Å². The fraction of sp³-hybridized carbons (Fsp3) is 0.571. The van der Waals surface area contributed by atoms with Gasteiger partial charge in [0.05, 0.1) is 0 Å². The molecule has 0 saturated heterocycles. The molecule has 0 amide bonds. The summed E-state index contributed by atoms with van der Waals surface area (Å²) in [6.07, 6.45) is 6.86. The Hall–Kier alpha value is -0.980. The van der Waals surface area contributed by atoms with Gasteiger partial charge < -0.3 is 4.90 Å². The first-order valence-electron chi connectivity index (χ1n) is 5.91. The van der Waals surface area contributed by atoms with E-state index in [1.54, 1.807) is 0 Å². The zero-order valence-corrected chi connectivity index (χ0v) is 10.5. The van der Waals surface area contributed by atoms with E-state index < -0.39 is 0 Å². The van der Waals surface area contributed by atoms with E-state index in [9.17, 15) is 0 Å². The van der Waals surface area contributed by atoms with E-state index in [0.29, 0.717) is 6.04 Å². The van der Waals surface area contributed by atoms with Crippen molar-refractivity contribution >= 4 is 0 Å². The van der Waals surface area contributed by atoms with Crippen molar-refractivity contribution < 1.29 is 0 Å². The van der Waals surface area contributed by atoms with Crippen LogP contribution in [0.3, 0.4) is 0 Å². The Kier molecular flexibility index (Phi) is 4.19. The molecule has 1 aliphatic rings. The van der Waals surface area contributed by atoms with E-state index in [0.717, 1.165) is 18.5 Å². The van der Waals surface area contributed by atoms with Crippen LogP contribution < -0.4 is 0 Å². The summed E-state index contributed by atoms with van der Waals surface area (Å²) in [6.45, 7) is 13.8. The van der Waals surface area contributed by atoms with Crippen molar-refractivity contribution in [2.75, 3.05) is 6.54 Å². The molecular weight excluding hydrogens is 182 g/mol. The third-order valence-corrected chi connectivity index (χ3v) is 3.05. The monoisotopic (exact) mass is 205 g/mol. The Morgan fingerprint density at radius 2 is 2.27 bits per heavy atom. The predicted molar refractivity (Wildman–Crippen MR) is 67.7 cm³/mol. The predicted octanol–water partition coefficient (Wildman–Crippen LogP) is 3.90. The van der Waals surface area contributed by atoms with E-state index in [2.05, 4.69) is 51.4 Å². The Balaban J connectivity index is 2.82. The van der Waals surface area contributed by atoms with Crippen LogP contribution in [0.2, 0.25) is 0 Å². The molecule has 0 bridgehead atoms. The Labute approximate surface area is 94.2 Å². The van der Waals surface area contributed by atoms with Gasteiger partial charge in [-0.3, -0.25) is 0 Å². The zero-order valence-electron chi connectivity index (χ0n) is 10.5. The fourth-order valence-corrected chi connectivity index (χ4v) is 1.90.